The lowest BCUT2D eigenvalue weighted by Crippen LogP contribution is -2.23. The summed E-state index contributed by atoms with van der Waals surface area (Å²) in [6.45, 7) is 4.59. The first-order valence-corrected chi connectivity index (χ1v) is 9.39. The highest BCUT2D eigenvalue weighted by Gasteiger charge is 2.18. The Morgan fingerprint density at radius 1 is 1.08 bits per heavy atom. The number of hydrogen-bond donors (Lipinski definition) is 1. The number of amides is 1. The number of Topliss-reactive ketones (excluding diaryl/α,β-unsaturated/α-hetero) is 1. The van der Waals surface area contributed by atoms with Crippen molar-refractivity contribution in [1.82, 2.24) is 0 Å². The first-order chi connectivity index (χ1) is 12.5. The molecule has 6 heteroatoms. The van der Waals surface area contributed by atoms with Crippen LogP contribution in [0.5, 0.6) is 11.5 Å². The normalized spacial score (nSPS) is 14.2. The number of ketones is 1. The summed E-state index contributed by atoms with van der Waals surface area (Å²) in [5.74, 6) is 1.21. The summed E-state index contributed by atoms with van der Waals surface area (Å²) in [7, 11) is 0. The average Bonchev–Trinajstić information content (AvgIpc) is 2.86. The van der Waals surface area contributed by atoms with Crippen molar-refractivity contribution in [2.75, 3.05) is 18.5 Å². The molecule has 1 aliphatic rings. The quantitative estimate of drug-likeness (QED) is 0.631. The molecule has 0 saturated heterocycles. The van der Waals surface area contributed by atoms with Gasteiger partial charge in [-0.2, -0.15) is 0 Å². The molecule has 0 bridgehead atoms. The Kier molecular flexibility index (Phi) is 5.83. The zero-order valence-corrected chi connectivity index (χ0v) is 15.6. The predicted octanol–water partition coefficient (Wildman–Crippen LogP) is 4.17. The van der Waals surface area contributed by atoms with Crippen LogP contribution in [0.3, 0.4) is 0 Å². The third-order valence-electron chi connectivity index (χ3n) is 3.97. The molecule has 0 fully saturated rings. The van der Waals surface area contributed by atoms with Gasteiger partial charge in [0.05, 0.1) is 24.2 Å². The van der Waals surface area contributed by atoms with E-state index in [1.807, 2.05) is 25.1 Å². The molecule has 0 radical (unpaired) electrons. The van der Waals surface area contributed by atoms with Crippen molar-refractivity contribution in [3.63, 3.8) is 0 Å². The van der Waals surface area contributed by atoms with E-state index in [-0.39, 0.29) is 16.9 Å². The second-order valence-corrected chi connectivity index (χ2v) is 7.42. The van der Waals surface area contributed by atoms with Gasteiger partial charge in [0.1, 0.15) is 0 Å². The number of hydrogen-bond acceptors (Lipinski definition) is 5. The summed E-state index contributed by atoms with van der Waals surface area (Å²) in [5.41, 5.74) is 1.05. The lowest BCUT2D eigenvalue weighted by Gasteiger charge is -2.15. The standard InChI is InChI=1S/C20H21NO4S/c1-13(22)16-6-3-4-7-17(16)21-20(23)14(2)26-15-8-9-18-19(12-15)25-11-5-10-24-18/h3-4,6-9,12,14H,5,10-11H2,1-2H3,(H,21,23)/t14-/m0/s1. The Hall–Kier alpha value is -2.47. The van der Waals surface area contributed by atoms with Gasteiger partial charge in [0.2, 0.25) is 5.91 Å². The topological polar surface area (TPSA) is 64.6 Å². The molecule has 2 aromatic rings. The monoisotopic (exact) mass is 371 g/mol. The van der Waals surface area contributed by atoms with Crippen LogP contribution >= 0.6 is 11.8 Å². The van der Waals surface area contributed by atoms with Gasteiger partial charge in [0, 0.05) is 16.9 Å². The SMILES string of the molecule is CC(=O)c1ccccc1NC(=O)[C@H](C)Sc1ccc2c(c1)OCCCO2. The van der Waals surface area contributed by atoms with E-state index in [1.54, 1.807) is 24.3 Å². The fraction of sp³-hybridized carbons (Fsp3) is 0.300. The van der Waals surface area contributed by atoms with E-state index in [9.17, 15) is 9.59 Å². The summed E-state index contributed by atoms with van der Waals surface area (Å²) in [4.78, 5) is 25.2. The molecule has 26 heavy (non-hydrogen) atoms. The maximum Gasteiger partial charge on any atom is 0.237 e. The van der Waals surface area contributed by atoms with Crippen LogP contribution in [-0.2, 0) is 4.79 Å². The summed E-state index contributed by atoms with van der Waals surface area (Å²) >= 11 is 1.43. The van der Waals surface area contributed by atoms with E-state index in [2.05, 4.69) is 5.32 Å². The van der Waals surface area contributed by atoms with E-state index in [0.717, 1.165) is 17.1 Å². The summed E-state index contributed by atoms with van der Waals surface area (Å²) < 4.78 is 11.3. The largest absolute Gasteiger partial charge is 0.490 e. The molecule has 1 amide bonds. The Bertz CT molecular complexity index is 821. The van der Waals surface area contributed by atoms with Crippen LogP contribution in [0.15, 0.2) is 47.4 Å². The number of fused-ring (bicyclic) bond motifs is 1. The van der Waals surface area contributed by atoms with Gasteiger partial charge in [-0.1, -0.05) is 12.1 Å². The Labute approximate surface area is 157 Å². The smallest absolute Gasteiger partial charge is 0.237 e. The van der Waals surface area contributed by atoms with Crippen molar-refractivity contribution in [2.45, 2.75) is 30.4 Å². The van der Waals surface area contributed by atoms with Crippen LogP contribution in [-0.4, -0.2) is 30.2 Å². The van der Waals surface area contributed by atoms with Crippen LogP contribution in [0.2, 0.25) is 0 Å². The summed E-state index contributed by atoms with van der Waals surface area (Å²) in [6.07, 6.45) is 0.853. The van der Waals surface area contributed by atoms with Gasteiger partial charge in [-0.3, -0.25) is 9.59 Å². The van der Waals surface area contributed by atoms with Gasteiger partial charge in [0.15, 0.2) is 17.3 Å². The summed E-state index contributed by atoms with van der Waals surface area (Å²) in [5, 5.41) is 2.51. The van der Waals surface area contributed by atoms with E-state index in [1.165, 1.54) is 18.7 Å². The fourth-order valence-corrected chi connectivity index (χ4v) is 3.50. The zero-order chi connectivity index (χ0) is 18.5. The lowest BCUT2D eigenvalue weighted by atomic mass is 10.1. The third kappa shape index (κ3) is 4.38. The number of carbonyl (C=O) groups excluding carboxylic acids is 2. The molecule has 1 aliphatic heterocycles. The number of para-hydroxylation sites is 1. The second-order valence-electron chi connectivity index (χ2n) is 6.01. The number of thioether (sulfide) groups is 1. The molecule has 1 N–H and O–H groups in total. The number of anilines is 1. The first kappa shape index (κ1) is 18.3. The van der Waals surface area contributed by atoms with Crippen molar-refractivity contribution >= 4 is 29.1 Å². The van der Waals surface area contributed by atoms with Crippen LogP contribution < -0.4 is 14.8 Å². The molecule has 0 aromatic heterocycles. The number of nitrogens with one attached hydrogen (secondary N) is 1. The first-order valence-electron chi connectivity index (χ1n) is 8.52. The molecule has 0 unspecified atom stereocenters. The van der Waals surface area contributed by atoms with Crippen molar-refractivity contribution in [3.8, 4) is 11.5 Å². The Morgan fingerprint density at radius 3 is 2.58 bits per heavy atom. The molecule has 0 spiro atoms. The molecular weight excluding hydrogens is 350 g/mol. The zero-order valence-electron chi connectivity index (χ0n) is 14.8. The molecule has 136 valence electrons. The van der Waals surface area contributed by atoms with Crippen molar-refractivity contribution in [3.05, 3.63) is 48.0 Å². The van der Waals surface area contributed by atoms with E-state index in [4.69, 9.17) is 9.47 Å². The average molecular weight is 371 g/mol. The minimum atomic E-state index is -0.334. The molecule has 0 aliphatic carbocycles. The van der Waals surface area contributed by atoms with Crippen LogP contribution in [0, 0.1) is 0 Å². The van der Waals surface area contributed by atoms with Crippen LogP contribution in [0.4, 0.5) is 5.69 Å². The van der Waals surface area contributed by atoms with E-state index >= 15 is 0 Å². The van der Waals surface area contributed by atoms with Crippen molar-refractivity contribution in [2.24, 2.45) is 0 Å². The highest BCUT2D eigenvalue weighted by atomic mass is 32.2. The molecule has 2 aromatic carbocycles. The number of benzene rings is 2. The number of carbonyl (C=O) groups is 2. The molecule has 1 heterocycles. The maximum atomic E-state index is 12.5. The second kappa shape index (κ2) is 8.27. The molecule has 5 nitrogen and oxygen atoms in total. The minimum Gasteiger partial charge on any atom is -0.490 e. The van der Waals surface area contributed by atoms with Crippen LogP contribution in [0.1, 0.15) is 30.6 Å². The summed E-state index contributed by atoms with van der Waals surface area (Å²) in [6, 6.07) is 12.7. The Morgan fingerprint density at radius 2 is 1.81 bits per heavy atom. The van der Waals surface area contributed by atoms with Gasteiger partial charge in [-0.05, 0) is 44.2 Å². The van der Waals surface area contributed by atoms with Gasteiger partial charge < -0.3 is 14.8 Å². The highest BCUT2D eigenvalue weighted by molar-refractivity contribution is 8.00. The van der Waals surface area contributed by atoms with Gasteiger partial charge >= 0.3 is 0 Å². The van der Waals surface area contributed by atoms with Crippen molar-refractivity contribution in [1.29, 1.82) is 0 Å². The fourth-order valence-electron chi connectivity index (χ4n) is 2.61. The van der Waals surface area contributed by atoms with Crippen molar-refractivity contribution < 1.29 is 19.1 Å². The van der Waals surface area contributed by atoms with E-state index in [0.29, 0.717) is 30.2 Å². The van der Waals surface area contributed by atoms with Crippen LogP contribution in [0.25, 0.3) is 0 Å². The molecule has 3 rings (SSSR count). The molecule has 1 atom stereocenters. The maximum absolute atomic E-state index is 12.5. The lowest BCUT2D eigenvalue weighted by molar-refractivity contribution is -0.115. The third-order valence-corrected chi connectivity index (χ3v) is 5.06. The highest BCUT2D eigenvalue weighted by Crippen LogP contribution is 2.35. The number of ether oxygens (including phenoxy) is 2. The molecule has 0 saturated carbocycles. The van der Waals surface area contributed by atoms with Gasteiger partial charge in [-0.25, -0.2) is 0 Å². The minimum absolute atomic E-state index is 0.0795. The predicted molar refractivity (Wildman–Crippen MR) is 102 cm³/mol. The Balaban J connectivity index is 1.68. The number of rotatable bonds is 5. The van der Waals surface area contributed by atoms with E-state index < -0.39 is 0 Å². The molecular formula is C20H21NO4S. The van der Waals surface area contributed by atoms with Gasteiger partial charge in [-0.15, -0.1) is 11.8 Å². The van der Waals surface area contributed by atoms with Gasteiger partial charge in [0.25, 0.3) is 0 Å².